The van der Waals surface area contributed by atoms with Gasteiger partial charge in [-0.25, -0.2) is 0 Å². The van der Waals surface area contributed by atoms with Gasteiger partial charge in [-0.1, -0.05) is 12.1 Å². The highest BCUT2D eigenvalue weighted by Gasteiger charge is 2.26. The summed E-state index contributed by atoms with van der Waals surface area (Å²) in [4.78, 5) is 14.5. The molecule has 6 heteroatoms. The zero-order valence-corrected chi connectivity index (χ0v) is 14.1. The Labute approximate surface area is 143 Å². The van der Waals surface area contributed by atoms with E-state index in [0.717, 1.165) is 40.2 Å². The second-order valence-electron chi connectivity index (χ2n) is 5.75. The predicted molar refractivity (Wildman–Crippen MR) is 93.3 cm³/mol. The molecule has 3 heterocycles. The first-order valence-corrected chi connectivity index (χ1v) is 8.72. The first kappa shape index (κ1) is 15.0. The largest absolute Gasteiger partial charge is 0.497 e. The fraction of sp³-hybridized carbons (Fsp3) is 0.222. The maximum absolute atomic E-state index is 12.6. The molecular formula is C18H17N3O2S. The monoisotopic (exact) mass is 339 g/mol. The molecule has 24 heavy (non-hydrogen) atoms. The first-order chi connectivity index (χ1) is 11.8. The van der Waals surface area contributed by atoms with Crippen molar-refractivity contribution in [1.29, 1.82) is 0 Å². The number of amides is 1. The van der Waals surface area contributed by atoms with Crippen molar-refractivity contribution in [3.8, 4) is 17.0 Å². The lowest BCUT2D eigenvalue weighted by Crippen LogP contribution is -2.35. The van der Waals surface area contributed by atoms with Gasteiger partial charge in [0, 0.05) is 41.7 Å². The van der Waals surface area contributed by atoms with Crippen LogP contribution in [0.2, 0.25) is 0 Å². The molecule has 1 aliphatic heterocycles. The Hall–Kier alpha value is -2.60. The predicted octanol–water partition coefficient (Wildman–Crippen LogP) is 3.35. The van der Waals surface area contributed by atoms with E-state index >= 15 is 0 Å². The SMILES string of the molecule is COc1cccc(-c2n[nH]c3c2CN(C(=O)c2ccsc2)CC3)c1. The molecule has 4 rings (SSSR count). The number of benzene rings is 1. The van der Waals surface area contributed by atoms with Crippen LogP contribution in [0.1, 0.15) is 21.6 Å². The fourth-order valence-corrected chi connectivity index (χ4v) is 3.68. The van der Waals surface area contributed by atoms with Crippen LogP contribution in [0.4, 0.5) is 0 Å². The minimum Gasteiger partial charge on any atom is -0.497 e. The summed E-state index contributed by atoms with van der Waals surface area (Å²) < 4.78 is 5.30. The third kappa shape index (κ3) is 2.59. The van der Waals surface area contributed by atoms with Crippen LogP contribution in [0.25, 0.3) is 11.3 Å². The minimum absolute atomic E-state index is 0.0830. The van der Waals surface area contributed by atoms with Gasteiger partial charge in [-0.2, -0.15) is 16.4 Å². The lowest BCUT2D eigenvalue weighted by molar-refractivity contribution is 0.0735. The number of nitrogens with one attached hydrogen (secondary N) is 1. The lowest BCUT2D eigenvalue weighted by Gasteiger charge is -2.27. The van der Waals surface area contributed by atoms with Gasteiger partial charge in [0.2, 0.25) is 0 Å². The Morgan fingerprint density at radius 1 is 1.38 bits per heavy atom. The molecule has 0 saturated heterocycles. The molecule has 1 aliphatic rings. The molecule has 0 bridgehead atoms. The van der Waals surface area contributed by atoms with E-state index in [9.17, 15) is 4.79 Å². The first-order valence-electron chi connectivity index (χ1n) is 7.78. The highest BCUT2D eigenvalue weighted by atomic mass is 32.1. The molecule has 0 fully saturated rings. The number of carbonyl (C=O) groups excluding carboxylic acids is 1. The van der Waals surface area contributed by atoms with E-state index in [-0.39, 0.29) is 5.91 Å². The van der Waals surface area contributed by atoms with Crippen molar-refractivity contribution >= 4 is 17.2 Å². The number of hydrogen-bond acceptors (Lipinski definition) is 4. The molecule has 0 atom stereocenters. The average molecular weight is 339 g/mol. The van der Waals surface area contributed by atoms with Crippen LogP contribution in [0.3, 0.4) is 0 Å². The van der Waals surface area contributed by atoms with Gasteiger partial charge in [0.1, 0.15) is 5.75 Å². The molecule has 122 valence electrons. The van der Waals surface area contributed by atoms with Crippen LogP contribution in [0, 0.1) is 0 Å². The summed E-state index contributed by atoms with van der Waals surface area (Å²) in [6.45, 7) is 1.29. The summed E-state index contributed by atoms with van der Waals surface area (Å²) in [5.41, 5.74) is 4.86. The number of aromatic amines is 1. The van der Waals surface area contributed by atoms with Gasteiger partial charge in [-0.15, -0.1) is 0 Å². The van der Waals surface area contributed by atoms with Gasteiger partial charge in [0.05, 0.1) is 18.4 Å². The van der Waals surface area contributed by atoms with Gasteiger partial charge >= 0.3 is 0 Å². The van der Waals surface area contributed by atoms with E-state index in [4.69, 9.17) is 4.74 Å². The average Bonchev–Trinajstić information content (AvgIpc) is 3.30. The summed E-state index contributed by atoms with van der Waals surface area (Å²) >= 11 is 1.54. The van der Waals surface area contributed by atoms with Crippen molar-refractivity contribution in [2.75, 3.05) is 13.7 Å². The molecule has 3 aromatic rings. The third-order valence-electron chi connectivity index (χ3n) is 4.33. The van der Waals surface area contributed by atoms with Crippen molar-refractivity contribution < 1.29 is 9.53 Å². The standard InChI is InChI=1S/C18H17N3O2S/c1-23-14-4-2-3-12(9-14)17-15-10-21(7-5-16(15)19-20-17)18(22)13-6-8-24-11-13/h2-4,6,8-9,11H,5,7,10H2,1H3,(H,19,20). The number of rotatable bonds is 3. The Kier molecular flexibility index (Phi) is 3.82. The summed E-state index contributed by atoms with van der Waals surface area (Å²) in [7, 11) is 1.65. The van der Waals surface area contributed by atoms with E-state index in [2.05, 4.69) is 10.2 Å². The summed E-state index contributed by atoms with van der Waals surface area (Å²) in [5.74, 6) is 0.881. The van der Waals surface area contributed by atoms with Crippen LogP contribution in [-0.2, 0) is 13.0 Å². The number of methoxy groups -OCH3 is 1. The number of carbonyl (C=O) groups is 1. The molecule has 0 spiro atoms. The Balaban J connectivity index is 1.65. The molecule has 0 saturated carbocycles. The number of H-pyrrole nitrogens is 1. The maximum Gasteiger partial charge on any atom is 0.255 e. The zero-order chi connectivity index (χ0) is 16.5. The van der Waals surface area contributed by atoms with Gasteiger partial charge in [0.25, 0.3) is 5.91 Å². The van der Waals surface area contributed by atoms with Crippen LogP contribution >= 0.6 is 11.3 Å². The third-order valence-corrected chi connectivity index (χ3v) is 5.02. The van der Waals surface area contributed by atoms with E-state index < -0.39 is 0 Å². The van der Waals surface area contributed by atoms with E-state index in [1.54, 1.807) is 18.4 Å². The molecule has 2 aromatic heterocycles. The van der Waals surface area contributed by atoms with Gasteiger partial charge < -0.3 is 9.64 Å². The van der Waals surface area contributed by atoms with Crippen molar-refractivity contribution in [3.05, 3.63) is 57.9 Å². The number of nitrogens with zero attached hydrogens (tertiary/aromatic N) is 2. The quantitative estimate of drug-likeness (QED) is 0.796. The summed E-state index contributed by atoms with van der Waals surface area (Å²) in [6, 6.07) is 9.72. The Morgan fingerprint density at radius 3 is 3.08 bits per heavy atom. The molecular weight excluding hydrogens is 322 g/mol. The maximum atomic E-state index is 12.6. The van der Waals surface area contributed by atoms with E-state index in [1.165, 1.54) is 0 Å². The van der Waals surface area contributed by atoms with Crippen molar-refractivity contribution in [1.82, 2.24) is 15.1 Å². The van der Waals surface area contributed by atoms with Crippen LogP contribution < -0.4 is 4.74 Å². The molecule has 1 N–H and O–H groups in total. The van der Waals surface area contributed by atoms with Crippen LogP contribution in [0.15, 0.2) is 41.1 Å². The molecule has 1 aromatic carbocycles. The molecule has 1 amide bonds. The molecule has 0 aliphatic carbocycles. The summed E-state index contributed by atoms with van der Waals surface area (Å²) in [5, 5.41) is 11.4. The molecule has 0 unspecified atom stereocenters. The zero-order valence-electron chi connectivity index (χ0n) is 13.3. The van der Waals surface area contributed by atoms with Crippen LogP contribution in [0.5, 0.6) is 5.75 Å². The van der Waals surface area contributed by atoms with Gasteiger partial charge in [-0.05, 0) is 23.6 Å². The van der Waals surface area contributed by atoms with E-state index in [0.29, 0.717) is 13.1 Å². The number of aromatic nitrogens is 2. The Bertz CT molecular complexity index is 870. The van der Waals surface area contributed by atoms with Crippen molar-refractivity contribution in [2.24, 2.45) is 0 Å². The smallest absolute Gasteiger partial charge is 0.255 e. The normalized spacial score (nSPS) is 13.6. The lowest BCUT2D eigenvalue weighted by atomic mass is 10.0. The second-order valence-corrected chi connectivity index (χ2v) is 6.53. The topological polar surface area (TPSA) is 58.2 Å². The number of fused-ring (bicyclic) bond motifs is 1. The fourth-order valence-electron chi connectivity index (χ4n) is 3.05. The van der Waals surface area contributed by atoms with E-state index in [1.807, 2.05) is 46.0 Å². The van der Waals surface area contributed by atoms with Gasteiger partial charge in [-0.3, -0.25) is 9.89 Å². The van der Waals surface area contributed by atoms with Crippen molar-refractivity contribution in [2.45, 2.75) is 13.0 Å². The number of thiophene rings is 1. The number of ether oxygens (including phenoxy) is 1. The summed E-state index contributed by atoms with van der Waals surface area (Å²) in [6.07, 6.45) is 0.794. The molecule has 0 radical (unpaired) electrons. The minimum atomic E-state index is 0.0830. The highest BCUT2D eigenvalue weighted by molar-refractivity contribution is 7.08. The second kappa shape index (κ2) is 6.13. The van der Waals surface area contributed by atoms with Crippen molar-refractivity contribution in [3.63, 3.8) is 0 Å². The number of hydrogen-bond donors (Lipinski definition) is 1. The highest BCUT2D eigenvalue weighted by Crippen LogP contribution is 2.30. The van der Waals surface area contributed by atoms with Crippen LogP contribution in [-0.4, -0.2) is 34.7 Å². The molecule has 5 nitrogen and oxygen atoms in total. The van der Waals surface area contributed by atoms with Gasteiger partial charge in [0.15, 0.2) is 0 Å². The Morgan fingerprint density at radius 2 is 2.29 bits per heavy atom.